The Balaban J connectivity index is 1.19. The van der Waals surface area contributed by atoms with Crippen LogP contribution in [0.1, 0.15) is 87.8 Å². The molecule has 2 fully saturated rings. The molecule has 49 heavy (non-hydrogen) atoms. The maximum Gasteiger partial charge on any atom is 0.315 e. The van der Waals surface area contributed by atoms with Crippen LogP contribution < -0.4 is 14.0 Å². The number of nitrogens with zero attached hydrogens (tertiary/aromatic N) is 1. The molecular formula is C42H55FNO5+. The SMILES string of the molecule is COc1ccc([N+](CCCCC[C@@H]2Cc3cc(O)ccc3C3C2C2CC[C@H](O)[C@@]2(C)C[C@@H]3F)(CCCc2ccccc2)C(C)=O)cc1OC. The van der Waals surface area contributed by atoms with Crippen molar-refractivity contribution in [1.29, 1.82) is 0 Å². The van der Waals surface area contributed by atoms with Crippen LogP contribution in [0.3, 0.4) is 0 Å². The Morgan fingerprint density at radius 3 is 2.43 bits per heavy atom. The van der Waals surface area contributed by atoms with Gasteiger partial charge in [0, 0.05) is 24.5 Å². The molecule has 3 aliphatic carbocycles. The van der Waals surface area contributed by atoms with Crippen LogP contribution in [0.25, 0.3) is 0 Å². The lowest BCUT2D eigenvalue weighted by Crippen LogP contribution is -2.54. The fourth-order valence-corrected chi connectivity index (χ4v) is 10.2. The average Bonchev–Trinajstić information content (AvgIpc) is 3.39. The van der Waals surface area contributed by atoms with Gasteiger partial charge in [-0.2, -0.15) is 0 Å². The molecule has 0 saturated heterocycles. The van der Waals surface area contributed by atoms with Crippen LogP contribution in [0.5, 0.6) is 17.2 Å². The zero-order valence-corrected chi connectivity index (χ0v) is 29.7. The van der Waals surface area contributed by atoms with Crippen LogP contribution in [0.15, 0.2) is 66.7 Å². The van der Waals surface area contributed by atoms with Gasteiger partial charge in [-0.1, -0.05) is 49.7 Å². The number of quaternary nitrogens is 1. The minimum atomic E-state index is -1.00. The number of aryl methyl sites for hydroxylation is 1. The lowest BCUT2D eigenvalue weighted by molar-refractivity contribution is -0.128. The van der Waals surface area contributed by atoms with E-state index in [1.54, 1.807) is 27.2 Å². The van der Waals surface area contributed by atoms with Crippen LogP contribution in [-0.4, -0.2) is 55.7 Å². The fourth-order valence-electron chi connectivity index (χ4n) is 10.2. The number of hydrogen-bond acceptors (Lipinski definition) is 5. The number of carbonyl (C=O) groups excluding carboxylic acids is 1. The minimum Gasteiger partial charge on any atom is -0.508 e. The van der Waals surface area contributed by atoms with Crippen molar-refractivity contribution < 1.29 is 28.9 Å². The number of unbranched alkanes of at least 4 members (excludes halogenated alkanes) is 2. The number of ether oxygens (including phenoxy) is 2. The topological polar surface area (TPSA) is 76.0 Å². The lowest BCUT2D eigenvalue weighted by atomic mass is 9.51. The van der Waals surface area contributed by atoms with Gasteiger partial charge in [-0.25, -0.2) is 13.7 Å². The number of carbonyl (C=O) groups is 1. The normalized spacial score (nSPS) is 28.5. The van der Waals surface area contributed by atoms with Gasteiger partial charge in [0.25, 0.3) is 0 Å². The Morgan fingerprint density at radius 2 is 1.69 bits per heavy atom. The summed E-state index contributed by atoms with van der Waals surface area (Å²) in [5, 5.41) is 21.4. The standard InChI is InChI=1S/C42H54FNO5/c1-28(45)44(23-11-14-29-12-7-5-8-13-29,32-16-20-37(48-3)38(26-32)49-4)22-10-6-9-15-30-24-31-25-33(46)17-18-34(31)41-36(43)27-42(2)35(40(30)41)19-21-39(42)47/h5,7-8,12-13,16-18,20,25-26,30,35-36,39-41,47H,6,9-11,14-15,19,21-24,27H2,1-4H3/p+1/t30-,35?,36+,39+,40?,41?,42+,44?/m1/s1. The summed E-state index contributed by atoms with van der Waals surface area (Å²) in [7, 11) is 3.25. The van der Waals surface area contributed by atoms with Crippen molar-refractivity contribution in [2.75, 3.05) is 27.3 Å². The van der Waals surface area contributed by atoms with Gasteiger partial charge >= 0.3 is 5.91 Å². The molecule has 0 aliphatic heterocycles. The monoisotopic (exact) mass is 672 g/mol. The predicted molar refractivity (Wildman–Crippen MR) is 193 cm³/mol. The number of aromatic hydroxyl groups is 1. The van der Waals surface area contributed by atoms with Crippen molar-refractivity contribution in [3.63, 3.8) is 0 Å². The quantitative estimate of drug-likeness (QED) is 0.141. The van der Waals surface area contributed by atoms with Crippen LogP contribution in [0, 0.1) is 23.2 Å². The molecule has 0 heterocycles. The largest absolute Gasteiger partial charge is 0.508 e. The highest BCUT2D eigenvalue weighted by molar-refractivity contribution is 5.87. The first kappa shape index (κ1) is 35.4. The molecular weight excluding hydrogens is 617 g/mol. The van der Waals surface area contributed by atoms with E-state index in [0.29, 0.717) is 36.9 Å². The van der Waals surface area contributed by atoms with Gasteiger partial charge < -0.3 is 19.7 Å². The number of hydrogen-bond donors (Lipinski definition) is 2. The van der Waals surface area contributed by atoms with E-state index in [9.17, 15) is 15.0 Å². The lowest BCUT2D eigenvalue weighted by Gasteiger charge is -2.54. The smallest absolute Gasteiger partial charge is 0.315 e. The molecule has 3 aromatic rings. The van der Waals surface area contributed by atoms with Gasteiger partial charge in [0.2, 0.25) is 0 Å². The number of halogens is 1. The fraction of sp³-hybridized carbons (Fsp3) is 0.548. The second kappa shape index (κ2) is 14.8. The molecule has 264 valence electrons. The molecule has 6 rings (SSSR count). The van der Waals surface area contributed by atoms with Crippen LogP contribution >= 0.6 is 0 Å². The van der Waals surface area contributed by atoms with Crippen LogP contribution in [-0.2, 0) is 17.6 Å². The van der Waals surface area contributed by atoms with E-state index >= 15 is 4.39 Å². The molecule has 8 atom stereocenters. The molecule has 6 nitrogen and oxygen atoms in total. The van der Waals surface area contributed by atoms with E-state index < -0.39 is 12.3 Å². The van der Waals surface area contributed by atoms with Crippen molar-refractivity contribution in [1.82, 2.24) is 4.48 Å². The van der Waals surface area contributed by atoms with Gasteiger partial charge in [-0.05, 0) is 109 Å². The summed E-state index contributed by atoms with van der Waals surface area (Å²) in [5.74, 6) is 2.19. The van der Waals surface area contributed by atoms with E-state index in [4.69, 9.17) is 9.47 Å². The van der Waals surface area contributed by atoms with Crippen molar-refractivity contribution in [3.05, 3.63) is 83.4 Å². The van der Waals surface area contributed by atoms with Gasteiger partial charge in [0.05, 0.1) is 40.3 Å². The number of aliphatic hydroxyl groups is 1. The van der Waals surface area contributed by atoms with E-state index in [2.05, 4.69) is 31.2 Å². The van der Waals surface area contributed by atoms with E-state index in [1.165, 1.54) is 5.56 Å². The van der Waals surface area contributed by atoms with Crippen molar-refractivity contribution >= 4 is 11.6 Å². The van der Waals surface area contributed by atoms with E-state index in [1.807, 2.05) is 36.4 Å². The number of alkyl halides is 1. The van der Waals surface area contributed by atoms with Crippen molar-refractivity contribution in [2.24, 2.45) is 23.2 Å². The second-order valence-electron chi connectivity index (χ2n) is 15.3. The summed E-state index contributed by atoms with van der Waals surface area (Å²) < 4.78 is 27.6. The number of rotatable bonds is 13. The van der Waals surface area contributed by atoms with Crippen LogP contribution in [0.2, 0.25) is 0 Å². The molecule has 4 unspecified atom stereocenters. The number of amides is 1. The second-order valence-corrected chi connectivity index (χ2v) is 15.3. The Labute approximate surface area is 291 Å². The van der Waals surface area contributed by atoms with E-state index in [-0.39, 0.29) is 39.3 Å². The molecule has 0 bridgehead atoms. The van der Waals surface area contributed by atoms with Gasteiger partial charge in [-0.3, -0.25) is 0 Å². The van der Waals surface area contributed by atoms with Gasteiger partial charge in [0.15, 0.2) is 11.5 Å². The van der Waals surface area contributed by atoms with Crippen LogP contribution in [0.4, 0.5) is 10.1 Å². The zero-order valence-electron chi connectivity index (χ0n) is 29.7. The van der Waals surface area contributed by atoms with Crippen molar-refractivity contribution in [2.45, 2.75) is 96.2 Å². The summed E-state index contributed by atoms with van der Waals surface area (Å²) in [5.41, 5.74) is 3.94. The maximum absolute atomic E-state index is 16.2. The number of benzene rings is 3. The van der Waals surface area contributed by atoms with Gasteiger partial charge in [0.1, 0.15) is 17.6 Å². The Hall–Kier alpha value is -3.42. The first-order valence-electron chi connectivity index (χ1n) is 18.4. The number of aliphatic hydroxyl groups excluding tert-OH is 1. The molecule has 1 amide bonds. The third-order valence-corrected chi connectivity index (χ3v) is 12.7. The minimum absolute atomic E-state index is 0.113. The number of methoxy groups -OCH3 is 2. The highest BCUT2D eigenvalue weighted by atomic mass is 19.1. The zero-order chi connectivity index (χ0) is 34.8. The molecule has 2 saturated carbocycles. The molecule has 0 radical (unpaired) electrons. The molecule has 2 N–H and O–H groups in total. The molecule has 0 aromatic heterocycles. The number of phenols is 1. The summed E-state index contributed by atoms with van der Waals surface area (Å²) in [6.07, 6.45) is 7.03. The molecule has 0 spiro atoms. The molecule has 7 heteroatoms. The first-order chi connectivity index (χ1) is 23.6. The highest BCUT2D eigenvalue weighted by Crippen LogP contribution is 2.63. The Bertz CT molecular complexity index is 1600. The Morgan fingerprint density at radius 1 is 0.939 bits per heavy atom. The summed E-state index contributed by atoms with van der Waals surface area (Å²) in [6.45, 7) is 5.20. The average molecular weight is 673 g/mol. The van der Waals surface area contributed by atoms with Gasteiger partial charge in [-0.15, -0.1) is 0 Å². The molecule has 3 aromatic carbocycles. The third kappa shape index (κ3) is 6.86. The van der Waals surface area contributed by atoms with Crippen molar-refractivity contribution in [3.8, 4) is 17.2 Å². The summed E-state index contributed by atoms with van der Waals surface area (Å²) in [4.78, 5) is 13.7. The number of phenolic OH excluding ortho intramolecular Hbond substituents is 1. The summed E-state index contributed by atoms with van der Waals surface area (Å²) >= 11 is 0. The predicted octanol–water partition coefficient (Wildman–Crippen LogP) is 8.55. The third-order valence-electron chi connectivity index (χ3n) is 12.7. The Kier molecular flexibility index (Phi) is 10.7. The number of fused-ring (bicyclic) bond motifs is 5. The molecule has 3 aliphatic rings. The summed E-state index contributed by atoms with van der Waals surface area (Å²) in [6, 6.07) is 21.8. The maximum atomic E-state index is 16.2. The first-order valence-corrected chi connectivity index (χ1v) is 18.4. The highest BCUT2D eigenvalue weighted by Gasteiger charge is 2.60. The van der Waals surface area contributed by atoms with E-state index in [0.717, 1.165) is 74.6 Å².